The van der Waals surface area contributed by atoms with Crippen LogP contribution in [-0.2, 0) is 11.0 Å². The van der Waals surface area contributed by atoms with Gasteiger partial charge in [-0.05, 0) is 24.6 Å². The lowest BCUT2D eigenvalue weighted by molar-refractivity contribution is -0.137. The van der Waals surface area contributed by atoms with Gasteiger partial charge in [-0.25, -0.2) is 9.97 Å². The molecular formula is C20H18ClF3N6O. The fourth-order valence-electron chi connectivity index (χ4n) is 3.37. The number of nitrogens with one attached hydrogen (secondary N) is 1. The molecule has 1 aliphatic heterocycles. The van der Waals surface area contributed by atoms with Gasteiger partial charge < -0.3 is 10.2 Å². The Hall–Kier alpha value is -3.27. The van der Waals surface area contributed by atoms with Crippen molar-refractivity contribution in [3.63, 3.8) is 0 Å². The summed E-state index contributed by atoms with van der Waals surface area (Å²) >= 11 is 0. The Balaban J connectivity index is 0.00000272. The summed E-state index contributed by atoms with van der Waals surface area (Å²) in [5, 5.41) is 3.29. The van der Waals surface area contributed by atoms with Gasteiger partial charge in [0.05, 0.1) is 11.3 Å². The van der Waals surface area contributed by atoms with Crippen LogP contribution < -0.4 is 5.32 Å². The van der Waals surface area contributed by atoms with E-state index in [0.29, 0.717) is 41.2 Å². The first kappa shape index (κ1) is 22.4. The quantitative estimate of drug-likeness (QED) is 0.610. The van der Waals surface area contributed by atoms with E-state index in [-0.39, 0.29) is 24.4 Å². The van der Waals surface area contributed by atoms with Gasteiger partial charge in [-0.2, -0.15) is 13.2 Å². The highest BCUT2D eigenvalue weighted by molar-refractivity contribution is 5.95. The molecule has 1 aliphatic rings. The second-order valence-corrected chi connectivity index (χ2v) is 6.82. The summed E-state index contributed by atoms with van der Waals surface area (Å²) < 4.78 is 38.4. The molecule has 0 radical (unpaired) electrons. The van der Waals surface area contributed by atoms with Crippen molar-refractivity contribution in [1.29, 1.82) is 0 Å². The molecule has 1 N–H and O–H groups in total. The van der Waals surface area contributed by atoms with Crippen molar-refractivity contribution in [1.82, 2.24) is 24.8 Å². The third kappa shape index (κ3) is 4.58. The fraction of sp³-hybridized carbons (Fsp3) is 0.250. The number of hydrogen-bond donors (Lipinski definition) is 1. The summed E-state index contributed by atoms with van der Waals surface area (Å²) in [6, 6.07) is 2.25. The molecule has 0 bridgehead atoms. The number of carbonyl (C=O) groups is 1. The number of pyridine rings is 2. The lowest BCUT2D eigenvalue weighted by Crippen LogP contribution is -2.30. The molecule has 1 fully saturated rings. The maximum absolute atomic E-state index is 12.8. The van der Waals surface area contributed by atoms with Crippen LogP contribution in [0.25, 0.3) is 22.3 Å². The molecule has 1 saturated heterocycles. The molecule has 4 heterocycles. The van der Waals surface area contributed by atoms with Crippen molar-refractivity contribution in [2.45, 2.75) is 18.6 Å². The van der Waals surface area contributed by atoms with E-state index in [1.165, 1.54) is 30.7 Å². The summed E-state index contributed by atoms with van der Waals surface area (Å²) in [5.41, 5.74) is 0.917. The van der Waals surface area contributed by atoms with Gasteiger partial charge in [0.25, 0.3) is 0 Å². The Morgan fingerprint density at radius 2 is 1.87 bits per heavy atom. The van der Waals surface area contributed by atoms with Gasteiger partial charge in [0.2, 0.25) is 5.91 Å². The molecule has 7 nitrogen and oxygen atoms in total. The van der Waals surface area contributed by atoms with Crippen molar-refractivity contribution in [3.05, 3.63) is 55.1 Å². The van der Waals surface area contributed by atoms with Crippen molar-refractivity contribution >= 4 is 35.2 Å². The van der Waals surface area contributed by atoms with E-state index in [1.54, 1.807) is 4.90 Å². The second-order valence-electron chi connectivity index (χ2n) is 6.82. The van der Waals surface area contributed by atoms with E-state index in [2.05, 4.69) is 31.8 Å². The molecule has 0 aliphatic carbocycles. The standard InChI is InChI=1S/C20H17F3N6O.ClH/c1-2-16(30)29-8-5-13(11-29)28-19-18-17(24-6-7-25-18)14(10-27-19)15-4-3-12(9-26-15)20(21,22)23;/h2-4,6-7,9-10,13H,1,5,8,11H2,(H,27,28);1H/t13-;/m0./s1. The van der Waals surface area contributed by atoms with Crippen LogP contribution >= 0.6 is 12.4 Å². The van der Waals surface area contributed by atoms with Crippen LogP contribution in [0.2, 0.25) is 0 Å². The largest absolute Gasteiger partial charge is 0.417 e. The van der Waals surface area contributed by atoms with E-state index in [4.69, 9.17) is 0 Å². The minimum Gasteiger partial charge on any atom is -0.364 e. The summed E-state index contributed by atoms with van der Waals surface area (Å²) in [6.45, 7) is 4.62. The molecule has 4 rings (SSSR count). The monoisotopic (exact) mass is 450 g/mol. The molecule has 31 heavy (non-hydrogen) atoms. The SMILES string of the molecule is C=CC(=O)N1CC[C@H](Nc2ncc(-c3ccc(C(F)(F)F)cn3)c3nccnc23)C1.Cl. The minimum absolute atomic E-state index is 0. The highest BCUT2D eigenvalue weighted by Crippen LogP contribution is 2.32. The van der Waals surface area contributed by atoms with Crippen LogP contribution in [0.4, 0.5) is 19.0 Å². The number of likely N-dealkylation sites (tertiary alicyclic amines) is 1. The van der Waals surface area contributed by atoms with Crippen LogP contribution in [0.15, 0.2) is 49.6 Å². The number of carbonyl (C=O) groups excluding carboxylic acids is 1. The first-order chi connectivity index (χ1) is 14.4. The highest BCUT2D eigenvalue weighted by Gasteiger charge is 2.31. The van der Waals surface area contributed by atoms with Gasteiger partial charge in [0.15, 0.2) is 5.82 Å². The molecule has 3 aromatic heterocycles. The first-order valence-corrected chi connectivity index (χ1v) is 9.18. The van der Waals surface area contributed by atoms with Crippen molar-refractivity contribution in [3.8, 4) is 11.3 Å². The molecule has 0 spiro atoms. The first-order valence-electron chi connectivity index (χ1n) is 9.18. The van der Waals surface area contributed by atoms with Gasteiger partial charge in [0, 0.05) is 49.5 Å². The van der Waals surface area contributed by atoms with Crippen LogP contribution in [0, 0.1) is 0 Å². The lowest BCUT2D eigenvalue weighted by atomic mass is 10.1. The zero-order chi connectivity index (χ0) is 21.3. The minimum atomic E-state index is -4.46. The molecule has 0 saturated carbocycles. The Kier molecular flexibility index (Phi) is 6.40. The van der Waals surface area contributed by atoms with E-state index in [0.717, 1.165) is 18.7 Å². The van der Waals surface area contributed by atoms with Gasteiger partial charge in [0.1, 0.15) is 11.0 Å². The number of aromatic nitrogens is 4. The van der Waals surface area contributed by atoms with Gasteiger partial charge in [-0.1, -0.05) is 6.58 Å². The van der Waals surface area contributed by atoms with Crippen molar-refractivity contribution in [2.75, 3.05) is 18.4 Å². The number of amides is 1. The van der Waals surface area contributed by atoms with E-state index in [9.17, 15) is 18.0 Å². The summed E-state index contributed by atoms with van der Waals surface area (Å²) in [7, 11) is 0. The molecule has 162 valence electrons. The van der Waals surface area contributed by atoms with Crippen LogP contribution in [0.3, 0.4) is 0 Å². The van der Waals surface area contributed by atoms with E-state index < -0.39 is 11.7 Å². The third-order valence-corrected chi connectivity index (χ3v) is 4.88. The van der Waals surface area contributed by atoms with Crippen LogP contribution in [0.1, 0.15) is 12.0 Å². The molecule has 11 heteroatoms. The molecule has 1 atom stereocenters. The maximum Gasteiger partial charge on any atom is 0.417 e. The summed E-state index contributed by atoms with van der Waals surface area (Å²) in [6.07, 6.45) is 2.88. The second kappa shape index (κ2) is 8.84. The molecule has 3 aromatic rings. The number of halogens is 4. The van der Waals surface area contributed by atoms with Crippen LogP contribution in [-0.4, -0.2) is 49.9 Å². The zero-order valence-electron chi connectivity index (χ0n) is 16.1. The third-order valence-electron chi connectivity index (χ3n) is 4.88. The number of fused-ring (bicyclic) bond motifs is 1. The van der Waals surface area contributed by atoms with Crippen LogP contribution in [0.5, 0.6) is 0 Å². The Bertz CT molecular complexity index is 1110. The fourth-order valence-corrected chi connectivity index (χ4v) is 3.37. The average Bonchev–Trinajstić information content (AvgIpc) is 3.21. The molecule has 1 amide bonds. The Morgan fingerprint density at radius 1 is 1.13 bits per heavy atom. The van der Waals surface area contributed by atoms with Gasteiger partial charge >= 0.3 is 6.18 Å². The molecule has 0 unspecified atom stereocenters. The van der Waals surface area contributed by atoms with Crippen molar-refractivity contribution in [2.24, 2.45) is 0 Å². The molecular weight excluding hydrogens is 433 g/mol. The summed E-state index contributed by atoms with van der Waals surface area (Å²) in [5.74, 6) is 0.368. The zero-order valence-corrected chi connectivity index (χ0v) is 17.0. The number of rotatable bonds is 4. The number of nitrogens with zero attached hydrogens (tertiary/aromatic N) is 5. The van der Waals surface area contributed by atoms with E-state index >= 15 is 0 Å². The number of alkyl halides is 3. The topological polar surface area (TPSA) is 83.9 Å². The maximum atomic E-state index is 12.8. The van der Waals surface area contributed by atoms with Crippen molar-refractivity contribution < 1.29 is 18.0 Å². The Morgan fingerprint density at radius 3 is 2.52 bits per heavy atom. The normalized spacial score (nSPS) is 16.1. The van der Waals surface area contributed by atoms with Gasteiger partial charge in [-0.3, -0.25) is 14.8 Å². The van der Waals surface area contributed by atoms with Gasteiger partial charge in [-0.15, -0.1) is 12.4 Å². The summed E-state index contributed by atoms with van der Waals surface area (Å²) in [4.78, 5) is 30.5. The molecule has 0 aromatic carbocycles. The Labute approximate surface area is 181 Å². The predicted octanol–water partition coefficient (Wildman–Crippen LogP) is 3.73. The smallest absolute Gasteiger partial charge is 0.364 e. The van der Waals surface area contributed by atoms with E-state index in [1.807, 2.05) is 0 Å². The highest BCUT2D eigenvalue weighted by atomic mass is 35.5. The number of anilines is 1. The lowest BCUT2D eigenvalue weighted by Gasteiger charge is -2.17. The average molecular weight is 451 g/mol. The number of hydrogen-bond acceptors (Lipinski definition) is 6. The predicted molar refractivity (Wildman–Crippen MR) is 112 cm³/mol.